The van der Waals surface area contributed by atoms with Gasteiger partial charge in [0, 0.05) is 22.4 Å². The summed E-state index contributed by atoms with van der Waals surface area (Å²) in [5.41, 5.74) is 9.43. The van der Waals surface area contributed by atoms with Crippen LogP contribution >= 0.6 is 23.7 Å². The lowest BCUT2D eigenvalue weighted by atomic mass is 9.79. The summed E-state index contributed by atoms with van der Waals surface area (Å²) in [6.07, 6.45) is 4.68. The fourth-order valence-corrected chi connectivity index (χ4v) is 4.12. The van der Waals surface area contributed by atoms with Crippen molar-refractivity contribution >= 4 is 29.4 Å². The van der Waals surface area contributed by atoms with Crippen LogP contribution < -0.4 is 5.73 Å². The van der Waals surface area contributed by atoms with E-state index in [9.17, 15) is 0 Å². The molecule has 4 heteroatoms. The van der Waals surface area contributed by atoms with Gasteiger partial charge in [0.25, 0.3) is 0 Å². The fourth-order valence-electron chi connectivity index (χ4n) is 2.79. The molecule has 1 heterocycles. The van der Waals surface area contributed by atoms with Gasteiger partial charge in [-0.3, -0.25) is 0 Å². The second kappa shape index (κ2) is 5.74. The number of hydrogen-bond acceptors (Lipinski definition) is 3. The van der Waals surface area contributed by atoms with E-state index >= 15 is 0 Å². The second-order valence-corrected chi connectivity index (χ2v) is 7.20. The summed E-state index contributed by atoms with van der Waals surface area (Å²) in [6.45, 7) is 4.63. The Morgan fingerprint density at radius 1 is 1.25 bits per heavy atom. The van der Waals surface area contributed by atoms with Gasteiger partial charge in [-0.1, -0.05) is 26.0 Å². The quantitative estimate of drug-likeness (QED) is 0.838. The van der Waals surface area contributed by atoms with Crippen molar-refractivity contribution in [2.45, 2.75) is 44.9 Å². The van der Waals surface area contributed by atoms with Gasteiger partial charge in [0.05, 0.1) is 10.7 Å². The maximum atomic E-state index is 5.72. The minimum Gasteiger partial charge on any atom is -0.399 e. The van der Waals surface area contributed by atoms with Crippen LogP contribution in [0.4, 0.5) is 5.69 Å². The number of anilines is 1. The Bertz CT molecular complexity index is 587. The molecule has 0 saturated carbocycles. The van der Waals surface area contributed by atoms with Crippen LogP contribution in [-0.4, -0.2) is 4.98 Å². The van der Waals surface area contributed by atoms with Crippen molar-refractivity contribution in [3.05, 3.63) is 45.4 Å². The highest BCUT2D eigenvalue weighted by Crippen LogP contribution is 2.39. The molecular formula is C16H21ClN2S. The number of hydrogen-bond donors (Lipinski definition) is 1. The summed E-state index contributed by atoms with van der Waals surface area (Å²) >= 11 is 1.89. The Morgan fingerprint density at radius 3 is 2.60 bits per heavy atom. The van der Waals surface area contributed by atoms with E-state index < -0.39 is 0 Å². The molecule has 108 valence electrons. The van der Waals surface area contributed by atoms with Gasteiger partial charge in [0.2, 0.25) is 0 Å². The number of benzene rings is 1. The number of thiazole rings is 1. The number of aryl methyl sites for hydroxylation is 1. The molecule has 0 bridgehead atoms. The first-order chi connectivity index (χ1) is 9.04. The lowest BCUT2D eigenvalue weighted by molar-refractivity contribution is 0.423. The van der Waals surface area contributed by atoms with Crippen LogP contribution in [-0.2, 0) is 18.3 Å². The van der Waals surface area contributed by atoms with E-state index in [1.165, 1.54) is 40.4 Å². The Kier molecular flexibility index (Phi) is 4.40. The van der Waals surface area contributed by atoms with Crippen molar-refractivity contribution < 1.29 is 0 Å². The number of rotatable bonds is 2. The van der Waals surface area contributed by atoms with Gasteiger partial charge in [-0.05, 0) is 37.0 Å². The maximum absolute atomic E-state index is 5.72. The smallest absolute Gasteiger partial charge is 0.0975 e. The largest absolute Gasteiger partial charge is 0.399 e. The van der Waals surface area contributed by atoms with E-state index in [0.29, 0.717) is 0 Å². The summed E-state index contributed by atoms with van der Waals surface area (Å²) < 4.78 is 0. The van der Waals surface area contributed by atoms with Crippen molar-refractivity contribution in [1.29, 1.82) is 0 Å². The average Bonchev–Trinajstić information content (AvgIpc) is 2.76. The third-order valence-corrected chi connectivity index (χ3v) is 5.04. The summed E-state index contributed by atoms with van der Waals surface area (Å²) in [6, 6.07) is 8.13. The van der Waals surface area contributed by atoms with Gasteiger partial charge in [-0.2, -0.15) is 0 Å². The van der Waals surface area contributed by atoms with E-state index in [0.717, 1.165) is 12.1 Å². The molecule has 3 rings (SSSR count). The van der Waals surface area contributed by atoms with E-state index in [4.69, 9.17) is 10.7 Å². The summed E-state index contributed by atoms with van der Waals surface area (Å²) in [5.74, 6) is 0. The van der Waals surface area contributed by atoms with Crippen molar-refractivity contribution in [2.75, 3.05) is 5.73 Å². The third kappa shape index (κ3) is 2.99. The highest BCUT2D eigenvalue weighted by atomic mass is 35.5. The van der Waals surface area contributed by atoms with Crippen molar-refractivity contribution in [1.82, 2.24) is 4.98 Å². The Morgan fingerprint density at radius 2 is 1.95 bits per heavy atom. The number of fused-ring (bicyclic) bond motifs is 1. The number of nitrogens with zero attached hydrogens (tertiary/aromatic N) is 1. The standard InChI is InChI=1S/C16H20N2S.ClH/c1-16(2)9-3-4-13-15(16)18-14(19-13)10-11-5-7-12(17)8-6-11;/h5-8H,3-4,9-10,17H2,1-2H3;1H. The van der Waals surface area contributed by atoms with Crippen molar-refractivity contribution in [3.63, 3.8) is 0 Å². The molecule has 2 nitrogen and oxygen atoms in total. The summed E-state index contributed by atoms with van der Waals surface area (Å²) in [5, 5.41) is 1.24. The molecule has 2 N–H and O–H groups in total. The fraction of sp³-hybridized carbons (Fsp3) is 0.438. The van der Waals surface area contributed by atoms with Crippen LogP contribution in [0.25, 0.3) is 0 Å². The molecule has 0 atom stereocenters. The predicted octanol–water partition coefficient (Wildman–Crippen LogP) is 4.35. The molecular weight excluding hydrogens is 288 g/mol. The molecule has 0 radical (unpaired) electrons. The van der Waals surface area contributed by atoms with Crippen molar-refractivity contribution in [2.24, 2.45) is 0 Å². The Labute approximate surface area is 130 Å². The van der Waals surface area contributed by atoms with Crippen LogP contribution in [0.2, 0.25) is 0 Å². The third-order valence-electron chi connectivity index (χ3n) is 3.92. The van der Waals surface area contributed by atoms with Crippen LogP contribution in [0.3, 0.4) is 0 Å². The zero-order chi connectivity index (χ0) is 13.5. The molecule has 0 aliphatic heterocycles. The lowest BCUT2D eigenvalue weighted by Gasteiger charge is -2.28. The maximum Gasteiger partial charge on any atom is 0.0975 e. The SMILES string of the molecule is CC1(C)CCCc2sc(Cc3ccc(N)cc3)nc21.Cl. The Hall–Kier alpha value is -1.06. The van der Waals surface area contributed by atoms with Gasteiger partial charge in [-0.25, -0.2) is 4.98 Å². The first-order valence-electron chi connectivity index (χ1n) is 6.88. The van der Waals surface area contributed by atoms with Gasteiger partial charge >= 0.3 is 0 Å². The zero-order valence-electron chi connectivity index (χ0n) is 12.0. The van der Waals surface area contributed by atoms with Crippen LogP contribution in [0, 0.1) is 0 Å². The van der Waals surface area contributed by atoms with Crippen LogP contribution in [0.5, 0.6) is 0 Å². The first kappa shape index (κ1) is 15.3. The summed E-state index contributed by atoms with van der Waals surface area (Å²) in [7, 11) is 0. The molecule has 0 saturated heterocycles. The molecule has 0 amide bonds. The first-order valence-corrected chi connectivity index (χ1v) is 7.70. The molecule has 0 unspecified atom stereocenters. The van der Waals surface area contributed by atoms with E-state index in [2.05, 4.69) is 26.0 Å². The number of aromatic nitrogens is 1. The molecule has 1 aliphatic carbocycles. The minimum atomic E-state index is 0. The van der Waals surface area contributed by atoms with Gasteiger partial charge in [0.1, 0.15) is 0 Å². The number of halogens is 1. The number of nitrogens with two attached hydrogens (primary N) is 1. The molecule has 0 fully saturated rings. The molecule has 0 spiro atoms. The Balaban J connectivity index is 0.00000147. The van der Waals surface area contributed by atoms with Crippen LogP contribution in [0.1, 0.15) is 47.8 Å². The van der Waals surface area contributed by atoms with Gasteiger partial charge in [0.15, 0.2) is 0 Å². The monoisotopic (exact) mass is 308 g/mol. The van der Waals surface area contributed by atoms with Gasteiger partial charge < -0.3 is 5.73 Å². The molecule has 1 aromatic carbocycles. The zero-order valence-corrected chi connectivity index (χ0v) is 13.6. The highest BCUT2D eigenvalue weighted by molar-refractivity contribution is 7.11. The molecule has 20 heavy (non-hydrogen) atoms. The van der Waals surface area contributed by atoms with Gasteiger partial charge in [-0.15, -0.1) is 23.7 Å². The second-order valence-electron chi connectivity index (χ2n) is 6.04. The lowest BCUT2D eigenvalue weighted by Crippen LogP contribution is -2.23. The topological polar surface area (TPSA) is 38.9 Å². The molecule has 2 aromatic rings. The van der Waals surface area contributed by atoms with E-state index in [-0.39, 0.29) is 17.8 Å². The van der Waals surface area contributed by atoms with E-state index in [1.54, 1.807) is 0 Å². The minimum absolute atomic E-state index is 0. The average molecular weight is 309 g/mol. The highest BCUT2D eigenvalue weighted by Gasteiger charge is 2.30. The van der Waals surface area contributed by atoms with Crippen LogP contribution in [0.15, 0.2) is 24.3 Å². The number of nitrogen functional groups attached to an aromatic ring is 1. The molecule has 1 aliphatic rings. The molecule has 1 aromatic heterocycles. The normalized spacial score (nSPS) is 16.3. The summed E-state index contributed by atoms with van der Waals surface area (Å²) in [4.78, 5) is 6.41. The van der Waals surface area contributed by atoms with Crippen molar-refractivity contribution in [3.8, 4) is 0 Å². The predicted molar refractivity (Wildman–Crippen MR) is 89.0 cm³/mol. The van der Waals surface area contributed by atoms with E-state index in [1.807, 2.05) is 23.5 Å².